The molecule has 0 aromatic heterocycles. The van der Waals surface area contributed by atoms with Crippen LogP contribution in [-0.2, 0) is 6.54 Å². The van der Waals surface area contributed by atoms with Crippen molar-refractivity contribution in [3.63, 3.8) is 0 Å². The van der Waals surface area contributed by atoms with E-state index >= 15 is 0 Å². The second-order valence-corrected chi connectivity index (χ2v) is 5.42. The average molecular weight is 330 g/mol. The van der Waals surface area contributed by atoms with Crippen LogP contribution in [0.15, 0.2) is 22.7 Å². The van der Waals surface area contributed by atoms with E-state index in [9.17, 15) is 4.79 Å². The summed E-state index contributed by atoms with van der Waals surface area (Å²) in [7, 11) is 0. The SMILES string of the molecule is CC(C)N(CCO)Cc1ccc(C(=O)NN)cc1Br. The monoisotopic (exact) mass is 329 g/mol. The third-order valence-corrected chi connectivity index (χ3v) is 3.68. The minimum Gasteiger partial charge on any atom is -0.395 e. The summed E-state index contributed by atoms with van der Waals surface area (Å²) in [5.74, 6) is 4.78. The van der Waals surface area contributed by atoms with Crippen molar-refractivity contribution in [2.75, 3.05) is 13.2 Å². The van der Waals surface area contributed by atoms with Crippen molar-refractivity contribution in [1.82, 2.24) is 10.3 Å². The second-order valence-electron chi connectivity index (χ2n) is 4.57. The zero-order chi connectivity index (χ0) is 14.4. The van der Waals surface area contributed by atoms with E-state index in [0.717, 1.165) is 10.0 Å². The number of nitrogen functional groups attached to an aromatic ring is 1. The summed E-state index contributed by atoms with van der Waals surface area (Å²) in [5, 5.41) is 9.06. The molecule has 0 spiro atoms. The molecule has 1 aromatic carbocycles. The normalized spacial score (nSPS) is 11.1. The van der Waals surface area contributed by atoms with Gasteiger partial charge < -0.3 is 5.11 Å². The average Bonchev–Trinajstić information content (AvgIpc) is 2.39. The van der Waals surface area contributed by atoms with Crippen molar-refractivity contribution in [3.05, 3.63) is 33.8 Å². The molecular weight excluding hydrogens is 310 g/mol. The Balaban J connectivity index is 2.87. The number of benzene rings is 1. The van der Waals surface area contributed by atoms with E-state index in [1.807, 2.05) is 6.07 Å². The van der Waals surface area contributed by atoms with Crippen molar-refractivity contribution >= 4 is 21.8 Å². The minimum atomic E-state index is -0.316. The number of halogens is 1. The maximum Gasteiger partial charge on any atom is 0.265 e. The lowest BCUT2D eigenvalue weighted by Gasteiger charge is -2.26. The van der Waals surface area contributed by atoms with Crippen molar-refractivity contribution in [1.29, 1.82) is 0 Å². The Morgan fingerprint density at radius 1 is 1.53 bits per heavy atom. The molecular formula is C13H20BrN3O2. The lowest BCUT2D eigenvalue weighted by molar-refractivity contribution is 0.0953. The number of hydrogen-bond donors (Lipinski definition) is 3. The van der Waals surface area contributed by atoms with Crippen LogP contribution in [0.2, 0.25) is 0 Å². The van der Waals surface area contributed by atoms with Gasteiger partial charge in [0.15, 0.2) is 0 Å². The first-order chi connectivity index (χ1) is 8.99. The van der Waals surface area contributed by atoms with Crippen molar-refractivity contribution in [3.8, 4) is 0 Å². The summed E-state index contributed by atoms with van der Waals surface area (Å²) in [4.78, 5) is 13.6. The Hall–Kier alpha value is -0.950. The van der Waals surface area contributed by atoms with Crippen molar-refractivity contribution < 1.29 is 9.90 Å². The number of carbonyl (C=O) groups excluding carboxylic acids is 1. The molecule has 106 valence electrons. The van der Waals surface area contributed by atoms with E-state index in [0.29, 0.717) is 24.7 Å². The van der Waals surface area contributed by atoms with E-state index in [2.05, 4.69) is 40.1 Å². The van der Waals surface area contributed by atoms with Crippen LogP contribution in [0.25, 0.3) is 0 Å². The predicted molar refractivity (Wildman–Crippen MR) is 78.4 cm³/mol. The molecule has 0 aliphatic carbocycles. The lowest BCUT2D eigenvalue weighted by Crippen LogP contribution is -2.33. The molecule has 1 rings (SSSR count). The quantitative estimate of drug-likeness (QED) is 0.417. The summed E-state index contributed by atoms with van der Waals surface area (Å²) in [6.07, 6.45) is 0. The number of hydrazine groups is 1. The first-order valence-electron chi connectivity index (χ1n) is 6.13. The van der Waals surface area contributed by atoms with Crippen LogP contribution in [0.1, 0.15) is 29.8 Å². The third kappa shape index (κ3) is 4.58. The molecule has 1 aromatic rings. The fraction of sp³-hybridized carbons (Fsp3) is 0.462. The van der Waals surface area contributed by atoms with Crippen LogP contribution in [0.4, 0.5) is 0 Å². The van der Waals surface area contributed by atoms with Crippen LogP contribution >= 0.6 is 15.9 Å². The molecule has 1 amide bonds. The van der Waals surface area contributed by atoms with Crippen molar-refractivity contribution in [2.24, 2.45) is 5.84 Å². The summed E-state index contributed by atoms with van der Waals surface area (Å²) in [6, 6.07) is 5.71. The second kappa shape index (κ2) is 7.59. The molecule has 6 heteroatoms. The third-order valence-electron chi connectivity index (χ3n) is 2.94. The van der Waals surface area contributed by atoms with Crippen molar-refractivity contribution in [2.45, 2.75) is 26.4 Å². The van der Waals surface area contributed by atoms with Gasteiger partial charge in [0, 0.05) is 29.2 Å². The molecule has 4 N–H and O–H groups in total. The molecule has 0 fully saturated rings. The molecule has 0 atom stereocenters. The Kier molecular flexibility index (Phi) is 6.44. The standard InChI is InChI=1S/C13H20BrN3O2/c1-9(2)17(5-6-18)8-11-4-3-10(7-12(11)14)13(19)16-15/h3-4,7,9,18H,5-6,8,15H2,1-2H3,(H,16,19). The van der Waals surface area contributed by atoms with Gasteiger partial charge in [-0.05, 0) is 31.5 Å². The fourth-order valence-electron chi connectivity index (χ4n) is 1.77. The van der Waals surface area contributed by atoms with Gasteiger partial charge in [0.25, 0.3) is 5.91 Å². The van der Waals surface area contributed by atoms with Gasteiger partial charge in [-0.15, -0.1) is 0 Å². The number of rotatable bonds is 6. The lowest BCUT2D eigenvalue weighted by atomic mass is 10.1. The van der Waals surface area contributed by atoms with Crippen LogP contribution in [-0.4, -0.2) is 35.1 Å². The molecule has 0 aliphatic heterocycles. The number of nitrogens with one attached hydrogen (secondary N) is 1. The highest BCUT2D eigenvalue weighted by molar-refractivity contribution is 9.10. The number of aliphatic hydroxyl groups is 1. The van der Waals surface area contributed by atoms with Crippen LogP contribution in [0.5, 0.6) is 0 Å². The number of nitrogens with two attached hydrogens (primary N) is 1. The van der Waals surface area contributed by atoms with Crippen LogP contribution < -0.4 is 11.3 Å². The fourth-order valence-corrected chi connectivity index (χ4v) is 2.27. The van der Waals surface area contributed by atoms with E-state index in [1.165, 1.54) is 0 Å². The van der Waals surface area contributed by atoms with E-state index in [-0.39, 0.29) is 12.5 Å². The zero-order valence-corrected chi connectivity index (χ0v) is 12.8. The molecule has 0 radical (unpaired) electrons. The maximum absolute atomic E-state index is 11.4. The maximum atomic E-state index is 11.4. The zero-order valence-electron chi connectivity index (χ0n) is 11.2. The van der Waals surface area contributed by atoms with Gasteiger partial charge in [0.2, 0.25) is 0 Å². The summed E-state index contributed by atoms with van der Waals surface area (Å²) >= 11 is 3.46. The molecule has 0 unspecified atom stereocenters. The van der Waals surface area contributed by atoms with Gasteiger partial charge in [-0.2, -0.15) is 0 Å². The Morgan fingerprint density at radius 3 is 2.68 bits per heavy atom. The molecule has 0 aliphatic rings. The van der Waals surface area contributed by atoms with Gasteiger partial charge in [-0.25, -0.2) is 5.84 Å². The summed E-state index contributed by atoms with van der Waals surface area (Å²) < 4.78 is 0.859. The highest BCUT2D eigenvalue weighted by Crippen LogP contribution is 2.21. The molecule has 0 bridgehead atoms. The molecule has 0 saturated heterocycles. The topological polar surface area (TPSA) is 78.6 Å². The molecule has 19 heavy (non-hydrogen) atoms. The minimum absolute atomic E-state index is 0.128. The summed E-state index contributed by atoms with van der Waals surface area (Å²) in [6.45, 7) is 5.63. The van der Waals surface area contributed by atoms with Gasteiger partial charge in [0.05, 0.1) is 6.61 Å². The Morgan fingerprint density at radius 2 is 2.21 bits per heavy atom. The highest BCUT2D eigenvalue weighted by atomic mass is 79.9. The Labute approximate surface area is 121 Å². The van der Waals surface area contributed by atoms with E-state index < -0.39 is 0 Å². The molecule has 0 saturated carbocycles. The van der Waals surface area contributed by atoms with Gasteiger partial charge >= 0.3 is 0 Å². The summed E-state index contributed by atoms with van der Waals surface area (Å²) in [5.41, 5.74) is 3.68. The smallest absolute Gasteiger partial charge is 0.265 e. The van der Waals surface area contributed by atoms with Gasteiger partial charge in [-0.3, -0.25) is 15.1 Å². The first kappa shape index (κ1) is 16.1. The number of nitrogens with zero attached hydrogens (tertiary/aromatic N) is 1. The van der Waals surface area contributed by atoms with Gasteiger partial charge in [0.1, 0.15) is 0 Å². The largest absolute Gasteiger partial charge is 0.395 e. The number of hydrogen-bond acceptors (Lipinski definition) is 4. The van der Waals surface area contributed by atoms with Crippen LogP contribution in [0, 0.1) is 0 Å². The highest BCUT2D eigenvalue weighted by Gasteiger charge is 2.13. The number of carbonyl (C=O) groups is 1. The molecule has 0 heterocycles. The van der Waals surface area contributed by atoms with Crippen LogP contribution in [0.3, 0.4) is 0 Å². The number of amides is 1. The molecule has 5 nitrogen and oxygen atoms in total. The van der Waals surface area contributed by atoms with E-state index in [4.69, 9.17) is 10.9 Å². The predicted octanol–water partition coefficient (Wildman–Crippen LogP) is 1.26. The Bertz CT molecular complexity index is 438. The first-order valence-corrected chi connectivity index (χ1v) is 6.93. The van der Waals surface area contributed by atoms with Gasteiger partial charge in [-0.1, -0.05) is 22.0 Å². The van der Waals surface area contributed by atoms with E-state index in [1.54, 1.807) is 12.1 Å². The number of aliphatic hydroxyl groups excluding tert-OH is 1.